The number of methoxy groups -OCH3 is 1. The SMILES string of the molecule is COC(=O)c1cc(CNC(=O)c2cnn(-c3ccc(C(F)(F)F)cn3)c2C(C)C)oc1C. The molecule has 0 bridgehead atoms. The van der Waals surface area contributed by atoms with E-state index in [1.165, 1.54) is 30.1 Å². The van der Waals surface area contributed by atoms with Crippen LogP contribution in [0.25, 0.3) is 5.82 Å². The van der Waals surface area contributed by atoms with E-state index in [-0.39, 0.29) is 29.4 Å². The first-order chi connectivity index (χ1) is 15.0. The van der Waals surface area contributed by atoms with Gasteiger partial charge in [-0.25, -0.2) is 14.5 Å². The van der Waals surface area contributed by atoms with Crippen molar-refractivity contribution in [1.29, 1.82) is 0 Å². The van der Waals surface area contributed by atoms with Gasteiger partial charge in [0.15, 0.2) is 5.82 Å². The number of carbonyl (C=O) groups is 2. The van der Waals surface area contributed by atoms with Crippen molar-refractivity contribution in [1.82, 2.24) is 20.1 Å². The Morgan fingerprint density at radius 1 is 1.22 bits per heavy atom. The van der Waals surface area contributed by atoms with Crippen LogP contribution in [0.5, 0.6) is 0 Å². The Morgan fingerprint density at radius 3 is 2.50 bits per heavy atom. The van der Waals surface area contributed by atoms with E-state index in [1.807, 2.05) is 13.8 Å². The second kappa shape index (κ2) is 8.85. The average Bonchev–Trinajstić information content (AvgIpc) is 3.35. The van der Waals surface area contributed by atoms with Crippen molar-refractivity contribution in [3.63, 3.8) is 0 Å². The van der Waals surface area contributed by atoms with Crippen molar-refractivity contribution in [2.24, 2.45) is 0 Å². The van der Waals surface area contributed by atoms with Crippen LogP contribution in [0, 0.1) is 6.92 Å². The number of hydrogen-bond acceptors (Lipinski definition) is 6. The Balaban J connectivity index is 1.82. The molecule has 0 spiro atoms. The Kier molecular flexibility index (Phi) is 6.37. The molecular weight excluding hydrogens is 429 g/mol. The number of rotatable bonds is 6. The maximum atomic E-state index is 12.8. The third kappa shape index (κ3) is 4.66. The molecule has 1 N–H and O–H groups in total. The molecule has 8 nitrogen and oxygen atoms in total. The van der Waals surface area contributed by atoms with Crippen LogP contribution in [0.1, 0.15) is 63.3 Å². The van der Waals surface area contributed by atoms with Gasteiger partial charge in [0.1, 0.15) is 17.1 Å². The van der Waals surface area contributed by atoms with Gasteiger partial charge in [-0.1, -0.05) is 13.8 Å². The smallest absolute Gasteiger partial charge is 0.417 e. The van der Waals surface area contributed by atoms with Crippen LogP contribution < -0.4 is 5.32 Å². The first kappa shape index (κ1) is 23.0. The number of carbonyl (C=O) groups excluding carboxylic acids is 2. The van der Waals surface area contributed by atoms with E-state index in [0.717, 1.165) is 12.3 Å². The van der Waals surface area contributed by atoms with Crippen molar-refractivity contribution in [2.45, 2.75) is 39.4 Å². The van der Waals surface area contributed by atoms with E-state index in [0.29, 0.717) is 17.2 Å². The molecule has 0 radical (unpaired) electrons. The normalized spacial score (nSPS) is 11.6. The minimum absolute atomic E-state index is 0.0118. The van der Waals surface area contributed by atoms with Gasteiger partial charge in [0, 0.05) is 6.20 Å². The number of pyridine rings is 1. The van der Waals surface area contributed by atoms with Crippen LogP contribution >= 0.6 is 0 Å². The minimum atomic E-state index is -4.50. The molecule has 3 aromatic rings. The number of hydrogen-bond donors (Lipinski definition) is 1. The number of esters is 1. The fourth-order valence-electron chi connectivity index (χ4n) is 3.16. The summed E-state index contributed by atoms with van der Waals surface area (Å²) >= 11 is 0. The summed E-state index contributed by atoms with van der Waals surface area (Å²) in [5.41, 5.74) is 0.122. The van der Waals surface area contributed by atoms with Crippen molar-refractivity contribution >= 4 is 11.9 Å². The van der Waals surface area contributed by atoms with Crippen LogP contribution in [0.4, 0.5) is 13.2 Å². The van der Waals surface area contributed by atoms with E-state index in [1.54, 1.807) is 6.92 Å². The molecule has 32 heavy (non-hydrogen) atoms. The van der Waals surface area contributed by atoms with Gasteiger partial charge in [0.25, 0.3) is 5.91 Å². The highest BCUT2D eigenvalue weighted by atomic mass is 19.4. The lowest BCUT2D eigenvalue weighted by molar-refractivity contribution is -0.137. The lowest BCUT2D eigenvalue weighted by Crippen LogP contribution is -2.24. The summed E-state index contributed by atoms with van der Waals surface area (Å²) in [6.45, 7) is 5.27. The fraction of sp³-hybridized carbons (Fsp3) is 0.333. The van der Waals surface area contributed by atoms with Gasteiger partial charge in [-0.3, -0.25) is 4.79 Å². The highest BCUT2D eigenvalue weighted by Crippen LogP contribution is 2.29. The number of amides is 1. The van der Waals surface area contributed by atoms with Gasteiger partial charge < -0.3 is 14.5 Å². The fourth-order valence-corrected chi connectivity index (χ4v) is 3.16. The number of halogens is 3. The molecule has 0 aliphatic rings. The van der Waals surface area contributed by atoms with E-state index < -0.39 is 23.6 Å². The second-order valence-corrected chi connectivity index (χ2v) is 7.27. The van der Waals surface area contributed by atoms with Crippen LogP contribution in [0.2, 0.25) is 0 Å². The number of nitrogens with one attached hydrogen (secondary N) is 1. The Morgan fingerprint density at radius 2 is 1.94 bits per heavy atom. The number of aromatic nitrogens is 3. The maximum absolute atomic E-state index is 12.8. The van der Waals surface area contributed by atoms with Crippen LogP contribution in [0.15, 0.2) is 35.0 Å². The van der Waals surface area contributed by atoms with Gasteiger partial charge in [-0.05, 0) is 31.0 Å². The highest BCUT2D eigenvalue weighted by Gasteiger charge is 2.31. The number of alkyl halides is 3. The highest BCUT2D eigenvalue weighted by molar-refractivity contribution is 5.95. The zero-order chi connectivity index (χ0) is 23.6. The summed E-state index contributed by atoms with van der Waals surface area (Å²) in [7, 11) is 1.26. The van der Waals surface area contributed by atoms with Crippen molar-refractivity contribution in [2.75, 3.05) is 7.11 Å². The molecule has 0 fully saturated rings. The molecule has 3 rings (SSSR count). The van der Waals surface area contributed by atoms with Crippen molar-refractivity contribution in [3.05, 3.63) is 64.5 Å². The molecule has 3 heterocycles. The Labute approximate surface area is 181 Å². The Hall–Kier alpha value is -3.63. The molecule has 0 atom stereocenters. The zero-order valence-electron chi connectivity index (χ0n) is 17.8. The van der Waals surface area contributed by atoms with Gasteiger partial charge in [0.2, 0.25) is 0 Å². The minimum Gasteiger partial charge on any atom is -0.465 e. The first-order valence-corrected chi connectivity index (χ1v) is 9.60. The second-order valence-electron chi connectivity index (χ2n) is 7.27. The predicted octanol–water partition coefficient (Wildman–Crippen LogP) is 4.03. The van der Waals surface area contributed by atoms with Gasteiger partial charge in [-0.2, -0.15) is 18.3 Å². The molecule has 3 aromatic heterocycles. The van der Waals surface area contributed by atoms with Gasteiger partial charge in [-0.15, -0.1) is 0 Å². The zero-order valence-corrected chi connectivity index (χ0v) is 17.8. The molecule has 0 aliphatic heterocycles. The van der Waals surface area contributed by atoms with Crippen LogP contribution in [-0.2, 0) is 17.5 Å². The number of nitrogens with zero attached hydrogens (tertiary/aromatic N) is 3. The average molecular weight is 450 g/mol. The molecule has 0 aromatic carbocycles. The maximum Gasteiger partial charge on any atom is 0.417 e. The summed E-state index contributed by atoms with van der Waals surface area (Å²) in [4.78, 5) is 28.3. The largest absolute Gasteiger partial charge is 0.465 e. The van der Waals surface area contributed by atoms with Gasteiger partial charge in [0.05, 0.1) is 36.7 Å². The summed E-state index contributed by atoms with van der Waals surface area (Å²) in [6, 6.07) is 3.59. The predicted molar refractivity (Wildman–Crippen MR) is 106 cm³/mol. The number of furan rings is 1. The van der Waals surface area contributed by atoms with Crippen LogP contribution in [0.3, 0.4) is 0 Å². The molecule has 1 amide bonds. The first-order valence-electron chi connectivity index (χ1n) is 9.60. The van der Waals surface area contributed by atoms with Crippen molar-refractivity contribution < 1.29 is 31.9 Å². The van der Waals surface area contributed by atoms with E-state index in [9.17, 15) is 22.8 Å². The molecular formula is C21H21F3N4O4. The third-order valence-electron chi connectivity index (χ3n) is 4.69. The third-order valence-corrected chi connectivity index (χ3v) is 4.69. The van der Waals surface area contributed by atoms with Crippen molar-refractivity contribution in [3.8, 4) is 5.82 Å². The summed E-state index contributed by atoms with van der Waals surface area (Å²) in [5, 5.41) is 6.85. The number of aryl methyl sites for hydroxylation is 1. The van der Waals surface area contributed by atoms with Crippen LogP contribution in [-0.4, -0.2) is 33.8 Å². The summed E-state index contributed by atoms with van der Waals surface area (Å²) in [5.74, 6) is -0.301. The molecule has 0 aliphatic carbocycles. The molecule has 0 unspecified atom stereocenters. The molecule has 11 heteroatoms. The standard InChI is InChI=1S/C21H21F3N4O4/c1-11(2)18-16(10-27-28(18)17-6-5-13(8-25-17)21(22,23)24)19(29)26-9-14-7-15(12(3)32-14)20(30)31-4/h5-8,10-11H,9H2,1-4H3,(H,26,29). The topological polar surface area (TPSA) is 99.2 Å². The van der Waals surface area contributed by atoms with Gasteiger partial charge >= 0.3 is 12.1 Å². The Bertz CT molecular complexity index is 1130. The van der Waals surface area contributed by atoms with E-state index >= 15 is 0 Å². The quantitative estimate of drug-likeness (QED) is 0.570. The summed E-state index contributed by atoms with van der Waals surface area (Å²) < 4.78 is 49.9. The lowest BCUT2D eigenvalue weighted by Gasteiger charge is -2.13. The van der Waals surface area contributed by atoms with E-state index in [4.69, 9.17) is 4.42 Å². The lowest BCUT2D eigenvalue weighted by atomic mass is 10.1. The number of ether oxygens (including phenoxy) is 1. The summed E-state index contributed by atoms with van der Waals surface area (Å²) in [6.07, 6.45) is -2.45. The monoisotopic (exact) mass is 450 g/mol. The molecule has 0 saturated heterocycles. The van der Waals surface area contributed by atoms with E-state index in [2.05, 4.69) is 20.1 Å². The molecule has 0 saturated carbocycles. The molecule has 170 valence electrons.